The molecule has 2 aromatic rings. The lowest BCUT2D eigenvalue weighted by atomic mass is 10.0. The fourth-order valence-electron chi connectivity index (χ4n) is 2.53. The van der Waals surface area contributed by atoms with Gasteiger partial charge in [-0.1, -0.05) is 31.5 Å². The van der Waals surface area contributed by atoms with Gasteiger partial charge in [0.1, 0.15) is 0 Å². The van der Waals surface area contributed by atoms with Crippen LogP contribution in [0.15, 0.2) is 30.5 Å². The van der Waals surface area contributed by atoms with Crippen molar-refractivity contribution in [2.45, 2.75) is 32.8 Å². The smallest absolute Gasteiger partial charge is 0.334 e. The molecule has 2 rings (SSSR count). The van der Waals surface area contributed by atoms with Crippen LogP contribution in [0, 0.1) is 6.92 Å². The van der Waals surface area contributed by atoms with Gasteiger partial charge >= 0.3 is 5.97 Å². The molecule has 25 heavy (non-hydrogen) atoms. The normalized spacial score (nSPS) is 12.2. The molecule has 1 aromatic carbocycles. The number of aromatic nitrogens is 2. The second-order valence-corrected chi connectivity index (χ2v) is 6.12. The van der Waals surface area contributed by atoms with Gasteiger partial charge in [0.2, 0.25) is 0 Å². The number of nitrogens with zero attached hydrogens (tertiary/aromatic N) is 2. The number of carboxylic acid groups (broad SMARTS) is 1. The highest BCUT2D eigenvalue weighted by Gasteiger charge is 2.23. The average molecular weight is 345 g/mol. The molecule has 0 fully saturated rings. The molecule has 2 N–H and O–H groups in total. The Hall–Kier alpha value is -2.67. The number of carbonyl (C=O) groups is 2. The summed E-state index contributed by atoms with van der Waals surface area (Å²) < 4.78 is 6.57. The summed E-state index contributed by atoms with van der Waals surface area (Å²) in [6.45, 7) is 5.85. The van der Waals surface area contributed by atoms with E-state index < -0.39 is 12.1 Å². The number of rotatable bonds is 7. The first-order valence-electron chi connectivity index (χ1n) is 8.04. The van der Waals surface area contributed by atoms with E-state index in [0.29, 0.717) is 5.56 Å². The zero-order chi connectivity index (χ0) is 18.6. The zero-order valence-electron chi connectivity index (χ0n) is 14.8. The molecule has 1 unspecified atom stereocenters. The quantitative estimate of drug-likeness (QED) is 0.802. The molecule has 134 valence electrons. The number of hydrogen-bond donors (Lipinski definition) is 2. The molecule has 7 heteroatoms. The molecule has 0 aliphatic rings. The van der Waals surface area contributed by atoms with Gasteiger partial charge in [-0.15, -0.1) is 0 Å². The fourth-order valence-corrected chi connectivity index (χ4v) is 2.53. The second-order valence-electron chi connectivity index (χ2n) is 6.12. The number of carbonyl (C=O) groups excluding carboxylic acids is 1. The van der Waals surface area contributed by atoms with Gasteiger partial charge in [0.25, 0.3) is 5.91 Å². The predicted octanol–water partition coefficient (Wildman–Crippen LogP) is 2.13. The van der Waals surface area contributed by atoms with Crippen molar-refractivity contribution in [2.24, 2.45) is 0 Å². The Labute approximate surface area is 146 Å². The van der Waals surface area contributed by atoms with Crippen molar-refractivity contribution in [3.05, 3.63) is 47.3 Å². The Morgan fingerprint density at radius 1 is 1.28 bits per heavy atom. The fraction of sp³-hybridized carbons (Fsp3) is 0.389. The van der Waals surface area contributed by atoms with E-state index in [0.717, 1.165) is 16.9 Å². The van der Waals surface area contributed by atoms with Crippen LogP contribution in [-0.2, 0) is 9.53 Å². The number of aryl methyl sites for hydroxylation is 1. The number of hydrogen-bond acceptors (Lipinski definition) is 4. The summed E-state index contributed by atoms with van der Waals surface area (Å²) >= 11 is 0. The second kappa shape index (κ2) is 7.94. The number of carboxylic acids is 1. The van der Waals surface area contributed by atoms with Gasteiger partial charge in [-0.2, -0.15) is 5.10 Å². The molecule has 1 heterocycles. The number of nitrogens with one attached hydrogen (secondary N) is 1. The summed E-state index contributed by atoms with van der Waals surface area (Å²) in [4.78, 5) is 23.5. The monoisotopic (exact) mass is 345 g/mol. The van der Waals surface area contributed by atoms with Crippen LogP contribution in [-0.4, -0.2) is 46.5 Å². The topological polar surface area (TPSA) is 93.5 Å². The minimum absolute atomic E-state index is 0.0576. The van der Waals surface area contributed by atoms with Crippen LogP contribution in [0.2, 0.25) is 0 Å². The summed E-state index contributed by atoms with van der Waals surface area (Å²) in [7, 11) is 1.29. The highest BCUT2D eigenvalue weighted by Crippen LogP contribution is 2.23. The largest absolute Gasteiger partial charge is 0.479 e. The van der Waals surface area contributed by atoms with Gasteiger partial charge in [0.05, 0.1) is 29.7 Å². The van der Waals surface area contributed by atoms with Crippen LogP contribution >= 0.6 is 0 Å². The Morgan fingerprint density at radius 2 is 1.92 bits per heavy atom. The molecular formula is C18H23N3O4. The number of amides is 1. The molecule has 0 aliphatic carbocycles. The van der Waals surface area contributed by atoms with Crippen LogP contribution in [0.1, 0.15) is 41.4 Å². The van der Waals surface area contributed by atoms with Crippen molar-refractivity contribution in [3.63, 3.8) is 0 Å². The molecule has 0 saturated heterocycles. The molecule has 1 atom stereocenters. The van der Waals surface area contributed by atoms with Gasteiger partial charge in [-0.25, -0.2) is 9.48 Å². The van der Waals surface area contributed by atoms with Crippen molar-refractivity contribution in [1.82, 2.24) is 15.1 Å². The first-order valence-corrected chi connectivity index (χ1v) is 8.04. The van der Waals surface area contributed by atoms with Gasteiger partial charge in [-0.3, -0.25) is 4.79 Å². The van der Waals surface area contributed by atoms with Crippen molar-refractivity contribution in [2.75, 3.05) is 13.7 Å². The highest BCUT2D eigenvalue weighted by molar-refractivity contribution is 5.95. The molecule has 1 aromatic heterocycles. The van der Waals surface area contributed by atoms with E-state index in [1.807, 2.05) is 45.0 Å². The molecule has 0 bridgehead atoms. The lowest BCUT2D eigenvalue weighted by Crippen LogP contribution is -2.38. The predicted molar refractivity (Wildman–Crippen MR) is 93.2 cm³/mol. The van der Waals surface area contributed by atoms with Crippen molar-refractivity contribution in [1.29, 1.82) is 0 Å². The van der Waals surface area contributed by atoms with E-state index in [2.05, 4.69) is 10.4 Å². The highest BCUT2D eigenvalue weighted by atomic mass is 16.5. The van der Waals surface area contributed by atoms with Crippen LogP contribution < -0.4 is 5.32 Å². The van der Waals surface area contributed by atoms with E-state index in [-0.39, 0.29) is 18.4 Å². The Kier molecular flexibility index (Phi) is 5.93. The van der Waals surface area contributed by atoms with E-state index >= 15 is 0 Å². The molecule has 0 radical (unpaired) electrons. The summed E-state index contributed by atoms with van der Waals surface area (Å²) in [6, 6.07) is 7.86. The number of aliphatic carboxylic acids is 1. The molecule has 0 saturated carbocycles. The summed E-state index contributed by atoms with van der Waals surface area (Å²) in [5, 5.41) is 15.9. The van der Waals surface area contributed by atoms with Gasteiger partial charge in [-0.05, 0) is 25.0 Å². The van der Waals surface area contributed by atoms with Gasteiger partial charge in [0, 0.05) is 7.11 Å². The van der Waals surface area contributed by atoms with Crippen molar-refractivity contribution >= 4 is 11.9 Å². The Balaban J connectivity index is 2.28. The maximum absolute atomic E-state index is 12.5. The van der Waals surface area contributed by atoms with Crippen LogP contribution in [0.5, 0.6) is 0 Å². The maximum Gasteiger partial charge on any atom is 0.334 e. The van der Waals surface area contributed by atoms with Gasteiger partial charge < -0.3 is 15.2 Å². The molecular weight excluding hydrogens is 322 g/mol. The van der Waals surface area contributed by atoms with E-state index in [1.165, 1.54) is 13.3 Å². The molecule has 7 nitrogen and oxygen atoms in total. The lowest BCUT2D eigenvalue weighted by molar-refractivity contribution is -0.148. The SMILES string of the molecule is COC(CNC(=O)c1cnn(-c2ccc(C)cc2)c1C(C)C)C(=O)O. The third-order valence-corrected chi connectivity index (χ3v) is 3.88. The van der Waals surface area contributed by atoms with Crippen molar-refractivity contribution < 1.29 is 19.4 Å². The number of methoxy groups -OCH3 is 1. The first kappa shape index (κ1) is 18.7. The average Bonchev–Trinajstić information content (AvgIpc) is 3.01. The van der Waals surface area contributed by atoms with Crippen LogP contribution in [0.3, 0.4) is 0 Å². The van der Waals surface area contributed by atoms with Crippen LogP contribution in [0.25, 0.3) is 5.69 Å². The Bertz CT molecular complexity index is 750. The molecule has 0 spiro atoms. The third-order valence-electron chi connectivity index (χ3n) is 3.88. The number of benzene rings is 1. The third kappa shape index (κ3) is 4.24. The van der Waals surface area contributed by atoms with Crippen molar-refractivity contribution in [3.8, 4) is 5.69 Å². The van der Waals surface area contributed by atoms with E-state index in [9.17, 15) is 9.59 Å². The van der Waals surface area contributed by atoms with Crippen LogP contribution in [0.4, 0.5) is 0 Å². The minimum atomic E-state index is -1.12. The van der Waals surface area contributed by atoms with Gasteiger partial charge in [0.15, 0.2) is 6.10 Å². The number of ether oxygens (including phenoxy) is 1. The van der Waals surface area contributed by atoms with E-state index in [4.69, 9.17) is 9.84 Å². The first-order chi connectivity index (χ1) is 11.8. The summed E-state index contributed by atoms with van der Waals surface area (Å²) in [5.74, 6) is -1.44. The molecule has 1 amide bonds. The maximum atomic E-state index is 12.5. The Morgan fingerprint density at radius 3 is 2.44 bits per heavy atom. The minimum Gasteiger partial charge on any atom is -0.479 e. The van der Waals surface area contributed by atoms with E-state index in [1.54, 1.807) is 4.68 Å². The standard InChI is InChI=1S/C18H23N3O4/c1-11(2)16-14(17(22)19-10-15(25-4)18(23)24)9-20-21(16)13-7-5-12(3)6-8-13/h5-9,11,15H,10H2,1-4H3,(H,19,22)(H,23,24). The lowest BCUT2D eigenvalue weighted by Gasteiger charge is -2.14. The zero-order valence-corrected chi connectivity index (χ0v) is 14.8. The summed E-state index contributed by atoms with van der Waals surface area (Å²) in [6.07, 6.45) is 0.422. The molecule has 0 aliphatic heterocycles. The summed E-state index contributed by atoms with van der Waals surface area (Å²) in [5.41, 5.74) is 3.20.